The van der Waals surface area contributed by atoms with Crippen LogP contribution in [0.3, 0.4) is 0 Å². The van der Waals surface area contributed by atoms with Crippen molar-refractivity contribution in [3.8, 4) is 6.07 Å². The Balaban J connectivity index is 2.43. The van der Waals surface area contributed by atoms with E-state index in [1.807, 2.05) is 6.07 Å². The summed E-state index contributed by atoms with van der Waals surface area (Å²) in [6, 6.07) is 9.24. The molecule has 0 amide bonds. The first-order valence-corrected chi connectivity index (χ1v) is 6.68. The molecule has 0 aliphatic rings. The second kappa shape index (κ2) is 5.79. The number of halogens is 4. The van der Waals surface area contributed by atoms with Crippen LogP contribution < -0.4 is 5.32 Å². The van der Waals surface area contributed by atoms with E-state index in [9.17, 15) is 4.39 Å². The summed E-state index contributed by atoms with van der Waals surface area (Å²) in [6.07, 6.45) is 0. The van der Waals surface area contributed by atoms with Crippen LogP contribution in [-0.4, -0.2) is 0 Å². The molecule has 0 radical (unpaired) electrons. The van der Waals surface area contributed by atoms with Crippen molar-refractivity contribution in [1.82, 2.24) is 0 Å². The van der Waals surface area contributed by atoms with E-state index < -0.39 is 5.82 Å². The number of nitrogens with zero attached hydrogens (tertiary/aromatic N) is 1. The number of hydrogen-bond donors (Lipinski definition) is 1. The second-order valence-electron chi connectivity index (χ2n) is 3.65. The molecule has 2 aromatic rings. The van der Waals surface area contributed by atoms with Gasteiger partial charge in [-0.05, 0) is 46.3 Å². The molecule has 96 valence electrons. The van der Waals surface area contributed by atoms with Crippen LogP contribution in [0.25, 0.3) is 0 Å². The summed E-state index contributed by atoms with van der Waals surface area (Å²) >= 11 is 15.4. The van der Waals surface area contributed by atoms with E-state index >= 15 is 0 Å². The largest absolute Gasteiger partial charge is 0.353 e. The Morgan fingerprint density at radius 3 is 2.47 bits per heavy atom. The van der Waals surface area contributed by atoms with E-state index in [0.29, 0.717) is 25.9 Å². The number of hydrogen-bond acceptors (Lipinski definition) is 2. The van der Waals surface area contributed by atoms with Crippen LogP contribution in [0, 0.1) is 17.1 Å². The Hall–Kier alpha value is -1.28. The number of anilines is 2. The highest BCUT2D eigenvalue weighted by Crippen LogP contribution is 2.37. The Morgan fingerprint density at radius 1 is 1.11 bits per heavy atom. The summed E-state index contributed by atoms with van der Waals surface area (Å²) in [5.41, 5.74) is 1.19. The van der Waals surface area contributed by atoms with Gasteiger partial charge < -0.3 is 5.32 Å². The van der Waals surface area contributed by atoms with Crippen molar-refractivity contribution in [3.63, 3.8) is 0 Å². The molecule has 0 unspecified atom stereocenters. The summed E-state index contributed by atoms with van der Waals surface area (Å²) in [5.74, 6) is -0.470. The van der Waals surface area contributed by atoms with Gasteiger partial charge >= 0.3 is 0 Å². The van der Waals surface area contributed by atoms with Crippen LogP contribution in [0.4, 0.5) is 15.8 Å². The van der Waals surface area contributed by atoms with Crippen LogP contribution in [0.2, 0.25) is 10.0 Å². The van der Waals surface area contributed by atoms with Gasteiger partial charge in [0.05, 0.1) is 27.0 Å². The highest BCUT2D eigenvalue weighted by Gasteiger charge is 2.10. The zero-order valence-corrected chi connectivity index (χ0v) is 12.4. The van der Waals surface area contributed by atoms with Crippen molar-refractivity contribution in [1.29, 1.82) is 5.26 Å². The third-order valence-corrected chi connectivity index (χ3v) is 4.18. The van der Waals surface area contributed by atoms with Gasteiger partial charge in [0.2, 0.25) is 0 Å². The van der Waals surface area contributed by atoms with Crippen molar-refractivity contribution >= 4 is 50.5 Å². The molecule has 0 spiro atoms. The van der Waals surface area contributed by atoms with Crippen LogP contribution in [-0.2, 0) is 0 Å². The van der Waals surface area contributed by atoms with Crippen molar-refractivity contribution in [2.24, 2.45) is 0 Å². The molecule has 0 aliphatic carbocycles. The molecule has 0 aromatic heterocycles. The average molecular weight is 360 g/mol. The SMILES string of the molecule is N#Cc1cc(F)ccc1Nc1ccc(Br)c(Cl)c1Cl. The Bertz CT molecular complexity index is 683. The molecule has 0 bridgehead atoms. The lowest BCUT2D eigenvalue weighted by atomic mass is 10.2. The minimum absolute atomic E-state index is 0.190. The molecule has 0 saturated heterocycles. The van der Waals surface area contributed by atoms with Crippen molar-refractivity contribution in [2.45, 2.75) is 0 Å². The van der Waals surface area contributed by atoms with Crippen LogP contribution in [0.5, 0.6) is 0 Å². The first-order chi connectivity index (χ1) is 9.02. The first-order valence-electron chi connectivity index (χ1n) is 5.13. The van der Waals surface area contributed by atoms with Gasteiger partial charge in [-0.2, -0.15) is 5.26 Å². The molecule has 2 aromatic carbocycles. The zero-order chi connectivity index (χ0) is 14.0. The fraction of sp³-hybridized carbons (Fsp3) is 0. The Labute approximate surface area is 127 Å². The number of nitrogens with one attached hydrogen (secondary N) is 1. The molecule has 0 fully saturated rings. The standard InChI is InChI=1S/C13H6BrCl2FN2/c14-9-2-4-11(13(16)12(9)15)19-10-3-1-8(17)5-7(10)6-18/h1-5,19H. The molecular formula is C13H6BrCl2FN2. The van der Waals surface area contributed by atoms with Gasteiger partial charge in [-0.3, -0.25) is 0 Å². The lowest BCUT2D eigenvalue weighted by molar-refractivity contribution is 0.627. The fourth-order valence-corrected chi connectivity index (χ4v) is 2.31. The highest BCUT2D eigenvalue weighted by atomic mass is 79.9. The Morgan fingerprint density at radius 2 is 1.79 bits per heavy atom. The summed E-state index contributed by atoms with van der Waals surface area (Å²) in [6.45, 7) is 0. The number of rotatable bonds is 2. The topological polar surface area (TPSA) is 35.8 Å². The minimum Gasteiger partial charge on any atom is -0.353 e. The maximum absolute atomic E-state index is 13.0. The predicted octanol–water partition coefficient (Wildman–Crippen LogP) is 5.51. The van der Waals surface area contributed by atoms with E-state index in [1.54, 1.807) is 12.1 Å². The quantitative estimate of drug-likeness (QED) is 0.717. The Kier molecular flexibility index (Phi) is 4.31. The molecule has 0 saturated carbocycles. The van der Waals surface area contributed by atoms with Crippen LogP contribution >= 0.6 is 39.1 Å². The molecule has 2 nitrogen and oxygen atoms in total. The van der Waals surface area contributed by atoms with Gasteiger partial charge in [-0.25, -0.2) is 4.39 Å². The third kappa shape index (κ3) is 3.01. The van der Waals surface area contributed by atoms with E-state index in [1.165, 1.54) is 12.1 Å². The molecule has 6 heteroatoms. The fourth-order valence-electron chi connectivity index (χ4n) is 1.49. The van der Waals surface area contributed by atoms with Crippen molar-refractivity contribution in [2.75, 3.05) is 5.32 Å². The van der Waals surface area contributed by atoms with E-state index in [2.05, 4.69) is 21.2 Å². The summed E-state index contributed by atoms with van der Waals surface area (Å²) < 4.78 is 13.7. The molecule has 0 aliphatic heterocycles. The third-order valence-electron chi connectivity index (χ3n) is 2.41. The minimum atomic E-state index is -0.470. The van der Waals surface area contributed by atoms with Gasteiger partial charge in [0.15, 0.2) is 0 Å². The van der Waals surface area contributed by atoms with Gasteiger partial charge in [-0.1, -0.05) is 23.2 Å². The van der Waals surface area contributed by atoms with Gasteiger partial charge in [0.25, 0.3) is 0 Å². The lowest BCUT2D eigenvalue weighted by Crippen LogP contribution is -1.95. The van der Waals surface area contributed by atoms with E-state index in [4.69, 9.17) is 28.5 Å². The van der Waals surface area contributed by atoms with E-state index in [-0.39, 0.29) is 5.56 Å². The highest BCUT2D eigenvalue weighted by molar-refractivity contribution is 9.10. The van der Waals surface area contributed by atoms with Crippen molar-refractivity contribution in [3.05, 3.63) is 56.2 Å². The smallest absolute Gasteiger partial charge is 0.124 e. The number of nitriles is 1. The van der Waals surface area contributed by atoms with Gasteiger partial charge in [-0.15, -0.1) is 0 Å². The normalized spacial score (nSPS) is 10.1. The summed E-state index contributed by atoms with van der Waals surface area (Å²) in [5, 5.41) is 12.6. The molecule has 19 heavy (non-hydrogen) atoms. The molecule has 2 rings (SSSR count). The lowest BCUT2D eigenvalue weighted by Gasteiger charge is -2.11. The monoisotopic (exact) mass is 358 g/mol. The predicted molar refractivity (Wildman–Crippen MR) is 78.6 cm³/mol. The van der Waals surface area contributed by atoms with E-state index in [0.717, 1.165) is 6.07 Å². The first kappa shape index (κ1) is 14.1. The second-order valence-corrected chi connectivity index (χ2v) is 5.26. The number of benzene rings is 2. The maximum Gasteiger partial charge on any atom is 0.124 e. The zero-order valence-electron chi connectivity index (χ0n) is 9.35. The van der Waals surface area contributed by atoms with Crippen LogP contribution in [0.15, 0.2) is 34.8 Å². The summed E-state index contributed by atoms with van der Waals surface area (Å²) in [4.78, 5) is 0. The molecule has 0 heterocycles. The van der Waals surface area contributed by atoms with Gasteiger partial charge in [0.1, 0.15) is 11.9 Å². The molecular weight excluding hydrogens is 354 g/mol. The summed E-state index contributed by atoms with van der Waals surface area (Å²) in [7, 11) is 0. The average Bonchev–Trinajstić information content (AvgIpc) is 2.41. The maximum atomic E-state index is 13.0. The van der Waals surface area contributed by atoms with Crippen LogP contribution in [0.1, 0.15) is 5.56 Å². The van der Waals surface area contributed by atoms with Crippen molar-refractivity contribution < 1.29 is 4.39 Å². The molecule has 0 atom stereocenters. The van der Waals surface area contributed by atoms with Gasteiger partial charge in [0, 0.05) is 4.47 Å². The molecule has 1 N–H and O–H groups in total.